The van der Waals surface area contributed by atoms with Gasteiger partial charge in [-0.25, -0.2) is 4.79 Å². The molecule has 0 N–H and O–H groups in total. The van der Waals surface area contributed by atoms with Crippen LogP contribution in [0.4, 0.5) is 5.69 Å². The summed E-state index contributed by atoms with van der Waals surface area (Å²) in [7, 11) is 5.47. The molecule has 2 aliphatic rings. The number of carbonyl (C=O) groups is 3. The van der Waals surface area contributed by atoms with Crippen LogP contribution in [0.1, 0.15) is 30.6 Å². The second-order valence-electron chi connectivity index (χ2n) is 8.38. The van der Waals surface area contributed by atoms with Crippen molar-refractivity contribution in [3.63, 3.8) is 0 Å². The lowest BCUT2D eigenvalue weighted by Gasteiger charge is -2.31. The van der Waals surface area contributed by atoms with Crippen molar-refractivity contribution in [3.8, 4) is 0 Å². The van der Waals surface area contributed by atoms with E-state index in [9.17, 15) is 14.4 Å². The lowest BCUT2D eigenvalue weighted by atomic mass is 9.92. The number of rotatable bonds is 8. The predicted molar refractivity (Wildman–Crippen MR) is 131 cm³/mol. The van der Waals surface area contributed by atoms with E-state index in [0.717, 1.165) is 10.7 Å². The number of anilines is 1. The van der Waals surface area contributed by atoms with Crippen molar-refractivity contribution in [2.24, 2.45) is 5.92 Å². The monoisotopic (exact) mass is 488 g/mol. The summed E-state index contributed by atoms with van der Waals surface area (Å²) < 4.78 is 16.1. The minimum Gasteiger partial charge on any atom is -0.497 e. The summed E-state index contributed by atoms with van der Waals surface area (Å²) in [5.41, 5.74) is 1.11. The maximum absolute atomic E-state index is 13.8. The Labute approximate surface area is 204 Å². The zero-order valence-electron chi connectivity index (χ0n) is 20.3. The molecule has 1 heterocycles. The van der Waals surface area contributed by atoms with Gasteiger partial charge in [-0.3, -0.25) is 9.59 Å². The van der Waals surface area contributed by atoms with Gasteiger partial charge in [0, 0.05) is 24.9 Å². The molecule has 0 saturated heterocycles. The maximum atomic E-state index is 13.8. The van der Waals surface area contributed by atoms with E-state index in [-0.39, 0.29) is 23.7 Å². The minimum absolute atomic E-state index is 0.0786. The molecule has 0 fully saturated rings. The predicted octanol–water partition coefficient (Wildman–Crippen LogP) is 3.27. The summed E-state index contributed by atoms with van der Waals surface area (Å²) in [6.45, 7) is 4.38. The van der Waals surface area contributed by atoms with E-state index in [4.69, 9.17) is 14.2 Å². The average molecular weight is 489 g/mol. The van der Waals surface area contributed by atoms with Crippen LogP contribution in [0.5, 0.6) is 0 Å². The van der Waals surface area contributed by atoms with Crippen LogP contribution in [0.25, 0.3) is 0 Å². The standard InChI is InChI=1S/C25H32N2O6S/c1-6-32-25(30)18-9-12-20-21(15-18)34-23(17-7-10-19(31-5)11-8-17)22(33-16(2)28)24(29)27(20)14-13-26(3)4/h7,9-12,15,17,22-23H,6,8,13-14H2,1-5H3/t17?,22-,23+/m1/s1. The third kappa shape index (κ3) is 6.01. The number of benzene rings is 1. The molecule has 3 atom stereocenters. The fourth-order valence-electron chi connectivity index (χ4n) is 3.95. The van der Waals surface area contributed by atoms with Crippen molar-refractivity contribution in [3.05, 3.63) is 47.7 Å². The summed E-state index contributed by atoms with van der Waals surface area (Å²) in [5, 5.41) is -0.386. The number of likely N-dealkylation sites (N-methyl/N-ethyl adjacent to an activating group) is 1. The summed E-state index contributed by atoms with van der Waals surface area (Å²) >= 11 is 1.45. The summed E-state index contributed by atoms with van der Waals surface area (Å²) in [6.07, 6.45) is 5.48. The van der Waals surface area contributed by atoms with Crippen molar-refractivity contribution in [1.29, 1.82) is 0 Å². The summed E-state index contributed by atoms with van der Waals surface area (Å²) in [6, 6.07) is 5.21. The Balaban J connectivity index is 2.07. The number of amides is 1. The molecule has 34 heavy (non-hydrogen) atoms. The van der Waals surface area contributed by atoms with Crippen LogP contribution in [0.2, 0.25) is 0 Å². The van der Waals surface area contributed by atoms with E-state index in [1.54, 1.807) is 37.1 Å². The highest BCUT2D eigenvalue weighted by Gasteiger charge is 2.43. The molecule has 1 aromatic rings. The van der Waals surface area contributed by atoms with Gasteiger partial charge in [-0.1, -0.05) is 6.08 Å². The quantitative estimate of drug-likeness (QED) is 0.516. The van der Waals surface area contributed by atoms with Gasteiger partial charge in [0.1, 0.15) is 5.76 Å². The van der Waals surface area contributed by atoms with Crippen LogP contribution in [0.3, 0.4) is 0 Å². The molecule has 1 aliphatic heterocycles. The fraction of sp³-hybridized carbons (Fsp3) is 0.480. The highest BCUT2D eigenvalue weighted by atomic mass is 32.2. The second kappa shape index (κ2) is 11.6. The van der Waals surface area contributed by atoms with E-state index in [1.165, 1.54) is 18.7 Å². The number of hydrogen-bond acceptors (Lipinski definition) is 8. The van der Waals surface area contributed by atoms with Crippen LogP contribution in [0.15, 0.2) is 47.1 Å². The Morgan fingerprint density at radius 1 is 1.26 bits per heavy atom. The highest BCUT2D eigenvalue weighted by Crippen LogP contribution is 2.44. The Morgan fingerprint density at radius 2 is 2.03 bits per heavy atom. The number of thioether (sulfide) groups is 1. The number of methoxy groups -OCH3 is 1. The first kappa shape index (κ1) is 25.8. The molecule has 0 bridgehead atoms. The first-order chi connectivity index (χ1) is 16.2. The zero-order valence-corrected chi connectivity index (χ0v) is 21.1. The molecule has 1 aromatic carbocycles. The van der Waals surface area contributed by atoms with Crippen molar-refractivity contribution < 1.29 is 28.6 Å². The molecular weight excluding hydrogens is 456 g/mol. The SMILES string of the molecule is CCOC(=O)c1ccc2c(c1)S[C@@H](C1C=CC(OC)=CC1)[C@@H](OC(C)=O)C(=O)N2CCN(C)C. The molecule has 0 radical (unpaired) electrons. The lowest BCUT2D eigenvalue weighted by molar-refractivity contribution is -0.153. The van der Waals surface area contributed by atoms with Crippen LogP contribution in [-0.2, 0) is 23.8 Å². The first-order valence-corrected chi connectivity index (χ1v) is 12.2. The largest absolute Gasteiger partial charge is 0.497 e. The van der Waals surface area contributed by atoms with Gasteiger partial charge in [-0.15, -0.1) is 11.8 Å². The van der Waals surface area contributed by atoms with Gasteiger partial charge in [0.25, 0.3) is 5.91 Å². The third-order valence-corrected chi connectivity index (χ3v) is 7.10. The van der Waals surface area contributed by atoms with E-state index < -0.39 is 18.0 Å². The molecule has 3 rings (SSSR count). The van der Waals surface area contributed by atoms with Gasteiger partial charge in [0.15, 0.2) is 6.10 Å². The van der Waals surface area contributed by atoms with Crippen LogP contribution < -0.4 is 4.90 Å². The third-order valence-electron chi connectivity index (χ3n) is 5.65. The topological polar surface area (TPSA) is 85.4 Å². The molecule has 0 spiro atoms. The Kier molecular flexibility index (Phi) is 8.79. The van der Waals surface area contributed by atoms with Crippen LogP contribution in [-0.4, -0.2) is 75.0 Å². The molecule has 1 amide bonds. The van der Waals surface area contributed by atoms with E-state index >= 15 is 0 Å². The lowest BCUT2D eigenvalue weighted by Crippen LogP contribution is -2.48. The second-order valence-corrected chi connectivity index (χ2v) is 9.60. The zero-order chi connectivity index (χ0) is 24.8. The molecule has 0 aromatic heterocycles. The molecule has 9 heteroatoms. The van der Waals surface area contributed by atoms with Gasteiger partial charge in [-0.2, -0.15) is 0 Å². The van der Waals surface area contributed by atoms with Crippen LogP contribution >= 0.6 is 11.8 Å². The number of ether oxygens (including phenoxy) is 3. The maximum Gasteiger partial charge on any atom is 0.338 e. The Bertz CT molecular complexity index is 990. The van der Waals surface area contributed by atoms with Gasteiger partial charge in [-0.05, 0) is 63.7 Å². The Morgan fingerprint density at radius 3 is 2.62 bits per heavy atom. The van der Waals surface area contributed by atoms with Gasteiger partial charge >= 0.3 is 11.9 Å². The van der Waals surface area contributed by atoms with Gasteiger partial charge < -0.3 is 24.0 Å². The van der Waals surface area contributed by atoms with E-state index in [0.29, 0.717) is 30.8 Å². The molecule has 1 aliphatic carbocycles. The Hall–Kier alpha value is -2.78. The van der Waals surface area contributed by atoms with Gasteiger partial charge in [0.05, 0.1) is 30.2 Å². The van der Waals surface area contributed by atoms with Crippen LogP contribution in [0, 0.1) is 5.92 Å². The molecule has 0 saturated carbocycles. The number of nitrogens with zero attached hydrogens (tertiary/aromatic N) is 2. The smallest absolute Gasteiger partial charge is 0.338 e. The first-order valence-electron chi connectivity index (χ1n) is 11.3. The molecule has 1 unspecified atom stereocenters. The van der Waals surface area contributed by atoms with E-state index in [1.807, 2.05) is 37.2 Å². The number of fused-ring (bicyclic) bond motifs is 1. The minimum atomic E-state index is -0.977. The van der Waals surface area contributed by atoms with E-state index in [2.05, 4.69) is 0 Å². The van der Waals surface area contributed by atoms with Crippen molar-refractivity contribution >= 4 is 35.3 Å². The summed E-state index contributed by atoms with van der Waals surface area (Å²) in [4.78, 5) is 42.7. The normalized spacial score (nSPS) is 22.1. The summed E-state index contributed by atoms with van der Waals surface area (Å²) in [5.74, 6) is -0.526. The number of allylic oxidation sites excluding steroid dienone is 3. The highest BCUT2D eigenvalue weighted by molar-refractivity contribution is 8.00. The van der Waals surface area contributed by atoms with Crippen molar-refractivity contribution in [1.82, 2.24) is 4.90 Å². The number of carbonyl (C=O) groups excluding carboxylic acids is 3. The fourth-order valence-corrected chi connectivity index (χ4v) is 5.40. The molecule has 8 nitrogen and oxygen atoms in total. The van der Waals surface area contributed by atoms with Gasteiger partial charge in [0.2, 0.25) is 0 Å². The molecule has 184 valence electrons. The average Bonchev–Trinajstić information content (AvgIpc) is 2.92. The number of esters is 2. The van der Waals surface area contributed by atoms with Crippen molar-refractivity contribution in [2.75, 3.05) is 45.8 Å². The van der Waals surface area contributed by atoms with Crippen molar-refractivity contribution in [2.45, 2.75) is 36.5 Å². The molecular formula is C25H32N2O6S. The number of hydrogen-bond donors (Lipinski definition) is 0.